The number of nitrogens with zero attached hydrogens (tertiary/aromatic N) is 1. The molecule has 0 spiro atoms. The summed E-state index contributed by atoms with van der Waals surface area (Å²) in [5, 5.41) is 10.7. The molecule has 1 aromatic rings. The predicted molar refractivity (Wildman–Crippen MR) is 62.0 cm³/mol. The largest absolute Gasteiger partial charge is 0.487 e. The maximum absolute atomic E-state index is 11.0. The summed E-state index contributed by atoms with van der Waals surface area (Å²) in [4.78, 5) is 21.2. The molecule has 0 atom stereocenters. The Morgan fingerprint density at radius 3 is 2.76 bits per heavy atom. The Bertz CT molecular complexity index is 431. The fourth-order valence-electron chi connectivity index (χ4n) is 1.26. The minimum Gasteiger partial charge on any atom is -0.487 e. The lowest BCUT2D eigenvalue weighted by Crippen LogP contribution is -2.11. The summed E-state index contributed by atoms with van der Waals surface area (Å²) in [5.74, 6) is -0.556. The number of rotatable bonds is 6. The van der Waals surface area contributed by atoms with Gasteiger partial charge in [-0.15, -0.1) is 0 Å². The molecule has 0 heterocycles. The van der Waals surface area contributed by atoms with Crippen LogP contribution in [0.15, 0.2) is 18.2 Å². The van der Waals surface area contributed by atoms with Crippen molar-refractivity contribution < 1.29 is 14.5 Å². The second kappa shape index (κ2) is 5.83. The number of nitro groups is 1. The molecule has 92 valence electrons. The molecule has 1 amide bonds. The lowest BCUT2D eigenvalue weighted by Gasteiger charge is -2.06. The average molecular weight is 238 g/mol. The molecule has 0 aromatic heterocycles. The second-order valence-electron chi connectivity index (χ2n) is 3.51. The van der Waals surface area contributed by atoms with E-state index in [0.717, 1.165) is 12.8 Å². The normalized spacial score (nSPS) is 9.94. The molecule has 2 N–H and O–H groups in total. The molecule has 0 saturated heterocycles. The van der Waals surface area contributed by atoms with Crippen molar-refractivity contribution in [2.45, 2.75) is 19.8 Å². The van der Waals surface area contributed by atoms with E-state index in [2.05, 4.69) is 0 Å². The fourth-order valence-corrected chi connectivity index (χ4v) is 1.26. The first-order chi connectivity index (χ1) is 8.06. The Morgan fingerprint density at radius 2 is 2.24 bits per heavy atom. The van der Waals surface area contributed by atoms with Crippen LogP contribution >= 0.6 is 0 Å². The summed E-state index contributed by atoms with van der Waals surface area (Å²) in [6.45, 7) is 2.36. The van der Waals surface area contributed by atoms with Crippen LogP contribution in [0.1, 0.15) is 30.1 Å². The molecule has 17 heavy (non-hydrogen) atoms. The molecule has 0 saturated carbocycles. The van der Waals surface area contributed by atoms with Crippen LogP contribution in [0.25, 0.3) is 0 Å². The van der Waals surface area contributed by atoms with E-state index >= 15 is 0 Å². The number of carbonyl (C=O) groups excluding carboxylic acids is 1. The standard InChI is InChI=1S/C11H14N2O4/c1-2-3-6-17-10-7-8(11(12)14)4-5-9(10)13(15)16/h4-5,7H,2-3,6H2,1H3,(H2,12,14). The molecular weight excluding hydrogens is 224 g/mol. The highest BCUT2D eigenvalue weighted by atomic mass is 16.6. The van der Waals surface area contributed by atoms with Gasteiger partial charge in [-0.25, -0.2) is 0 Å². The van der Waals surface area contributed by atoms with Crippen LogP contribution in [0, 0.1) is 10.1 Å². The van der Waals surface area contributed by atoms with Crippen LogP contribution < -0.4 is 10.5 Å². The molecule has 0 bridgehead atoms. The number of unbranched alkanes of at least 4 members (excludes halogenated alkanes) is 1. The molecular formula is C11H14N2O4. The van der Waals surface area contributed by atoms with Crippen LogP contribution in [0.4, 0.5) is 5.69 Å². The Kier molecular flexibility index (Phi) is 4.45. The Morgan fingerprint density at radius 1 is 1.53 bits per heavy atom. The number of ether oxygens (including phenoxy) is 1. The van der Waals surface area contributed by atoms with E-state index in [1.807, 2.05) is 6.92 Å². The van der Waals surface area contributed by atoms with E-state index < -0.39 is 10.8 Å². The maximum Gasteiger partial charge on any atom is 0.310 e. The number of carbonyl (C=O) groups is 1. The van der Waals surface area contributed by atoms with Crippen molar-refractivity contribution >= 4 is 11.6 Å². The molecule has 1 rings (SSSR count). The molecule has 0 aliphatic carbocycles. The predicted octanol–water partition coefficient (Wildman–Crippen LogP) is 1.87. The lowest BCUT2D eigenvalue weighted by molar-refractivity contribution is -0.385. The number of amides is 1. The van der Waals surface area contributed by atoms with Crippen molar-refractivity contribution in [1.29, 1.82) is 0 Å². The van der Waals surface area contributed by atoms with Crippen LogP contribution in [-0.2, 0) is 0 Å². The Balaban J connectivity index is 2.98. The topological polar surface area (TPSA) is 95.5 Å². The molecule has 0 aliphatic heterocycles. The van der Waals surface area contributed by atoms with Gasteiger partial charge in [0.2, 0.25) is 5.91 Å². The second-order valence-corrected chi connectivity index (χ2v) is 3.51. The molecule has 1 aromatic carbocycles. The summed E-state index contributed by atoms with van der Waals surface area (Å²) < 4.78 is 5.28. The quantitative estimate of drug-likeness (QED) is 0.465. The highest BCUT2D eigenvalue weighted by Crippen LogP contribution is 2.28. The van der Waals surface area contributed by atoms with E-state index in [-0.39, 0.29) is 17.0 Å². The van der Waals surface area contributed by atoms with E-state index in [1.165, 1.54) is 18.2 Å². The van der Waals surface area contributed by atoms with Gasteiger partial charge >= 0.3 is 5.69 Å². The molecule has 0 unspecified atom stereocenters. The number of benzene rings is 1. The van der Waals surface area contributed by atoms with Gasteiger partial charge in [-0.1, -0.05) is 13.3 Å². The number of nitrogens with two attached hydrogens (primary N) is 1. The summed E-state index contributed by atoms with van der Waals surface area (Å²) in [6, 6.07) is 3.84. The van der Waals surface area contributed by atoms with E-state index in [4.69, 9.17) is 10.5 Å². The van der Waals surface area contributed by atoms with E-state index in [0.29, 0.717) is 6.61 Å². The summed E-state index contributed by atoms with van der Waals surface area (Å²) in [6.07, 6.45) is 1.71. The minimum atomic E-state index is -0.639. The third-order valence-electron chi connectivity index (χ3n) is 2.20. The first-order valence-corrected chi connectivity index (χ1v) is 5.27. The van der Waals surface area contributed by atoms with Crippen LogP contribution in [0.3, 0.4) is 0 Å². The monoisotopic (exact) mass is 238 g/mol. The summed E-state index contributed by atoms with van der Waals surface area (Å²) in [7, 11) is 0. The number of hydrogen-bond acceptors (Lipinski definition) is 4. The van der Waals surface area contributed by atoms with Crippen molar-refractivity contribution in [1.82, 2.24) is 0 Å². The van der Waals surface area contributed by atoms with Gasteiger partial charge in [0.05, 0.1) is 11.5 Å². The third-order valence-corrected chi connectivity index (χ3v) is 2.20. The van der Waals surface area contributed by atoms with E-state index in [9.17, 15) is 14.9 Å². The van der Waals surface area contributed by atoms with Crippen LogP contribution in [0.5, 0.6) is 5.75 Å². The average Bonchev–Trinajstić information content (AvgIpc) is 2.28. The van der Waals surface area contributed by atoms with Gasteiger partial charge < -0.3 is 10.5 Å². The van der Waals surface area contributed by atoms with Gasteiger partial charge in [0.1, 0.15) is 0 Å². The zero-order valence-corrected chi connectivity index (χ0v) is 9.51. The zero-order chi connectivity index (χ0) is 12.8. The SMILES string of the molecule is CCCCOc1cc(C(N)=O)ccc1[N+](=O)[O-]. The fraction of sp³-hybridized carbons (Fsp3) is 0.364. The van der Waals surface area contributed by atoms with E-state index in [1.54, 1.807) is 0 Å². The molecule has 0 fully saturated rings. The Hall–Kier alpha value is -2.11. The van der Waals surface area contributed by atoms with Crippen molar-refractivity contribution in [2.75, 3.05) is 6.61 Å². The molecule has 6 heteroatoms. The first-order valence-electron chi connectivity index (χ1n) is 5.27. The minimum absolute atomic E-state index is 0.0831. The van der Waals surface area contributed by atoms with Crippen molar-refractivity contribution in [2.24, 2.45) is 5.73 Å². The van der Waals surface area contributed by atoms with Crippen molar-refractivity contribution in [3.8, 4) is 5.75 Å². The highest BCUT2D eigenvalue weighted by molar-refractivity contribution is 5.93. The highest BCUT2D eigenvalue weighted by Gasteiger charge is 2.16. The molecule has 0 aliphatic rings. The van der Waals surface area contributed by atoms with Crippen LogP contribution in [0.2, 0.25) is 0 Å². The molecule has 6 nitrogen and oxygen atoms in total. The summed E-state index contributed by atoms with van der Waals surface area (Å²) in [5.41, 5.74) is 5.13. The van der Waals surface area contributed by atoms with Gasteiger partial charge in [0, 0.05) is 17.7 Å². The van der Waals surface area contributed by atoms with Crippen molar-refractivity contribution in [3.63, 3.8) is 0 Å². The number of hydrogen-bond donors (Lipinski definition) is 1. The maximum atomic E-state index is 11.0. The summed E-state index contributed by atoms with van der Waals surface area (Å²) >= 11 is 0. The lowest BCUT2D eigenvalue weighted by atomic mass is 10.2. The van der Waals surface area contributed by atoms with Gasteiger partial charge in [-0.3, -0.25) is 14.9 Å². The van der Waals surface area contributed by atoms with Gasteiger partial charge in [-0.2, -0.15) is 0 Å². The third kappa shape index (κ3) is 3.44. The first kappa shape index (κ1) is 13.0. The van der Waals surface area contributed by atoms with Crippen LogP contribution in [-0.4, -0.2) is 17.4 Å². The van der Waals surface area contributed by atoms with Gasteiger partial charge in [0.25, 0.3) is 0 Å². The Labute approximate surface area is 98.5 Å². The van der Waals surface area contributed by atoms with Gasteiger partial charge in [0.15, 0.2) is 5.75 Å². The number of primary amides is 1. The molecule has 0 radical (unpaired) electrons. The van der Waals surface area contributed by atoms with Gasteiger partial charge in [-0.05, 0) is 12.5 Å². The van der Waals surface area contributed by atoms with Crippen molar-refractivity contribution in [3.05, 3.63) is 33.9 Å². The smallest absolute Gasteiger partial charge is 0.310 e. The zero-order valence-electron chi connectivity index (χ0n) is 9.51. The number of nitro benzene ring substituents is 1.